The van der Waals surface area contributed by atoms with E-state index < -0.39 is 11.8 Å². The van der Waals surface area contributed by atoms with Gasteiger partial charge in [0, 0.05) is 19.8 Å². The minimum Gasteiger partial charge on any atom is -0.378 e. The Morgan fingerprint density at radius 2 is 2.00 bits per heavy atom. The van der Waals surface area contributed by atoms with E-state index >= 15 is 0 Å². The number of rotatable bonds is 2. The van der Waals surface area contributed by atoms with Crippen molar-refractivity contribution in [3.05, 3.63) is 24.0 Å². The Morgan fingerprint density at radius 1 is 1.29 bits per heavy atom. The van der Waals surface area contributed by atoms with Crippen LogP contribution in [0.5, 0.6) is 0 Å². The van der Waals surface area contributed by atoms with Gasteiger partial charge in [0.1, 0.15) is 5.82 Å². The molecule has 0 spiro atoms. The zero-order valence-electron chi connectivity index (χ0n) is 9.53. The second-order valence-electron chi connectivity index (χ2n) is 3.95. The molecule has 0 bridgehead atoms. The first-order valence-electron chi connectivity index (χ1n) is 5.08. The molecular weight excluding hydrogens is 225 g/mol. The highest BCUT2D eigenvalue weighted by Crippen LogP contribution is 2.24. The lowest BCUT2D eigenvalue weighted by Gasteiger charge is -2.17. The average molecular weight is 237 g/mol. The third-order valence-corrected chi connectivity index (χ3v) is 2.49. The van der Waals surface area contributed by atoms with Gasteiger partial charge < -0.3 is 10.2 Å². The minimum absolute atomic E-state index is 0.0490. The van der Waals surface area contributed by atoms with Gasteiger partial charge >= 0.3 is 6.03 Å². The molecule has 1 N–H and O–H groups in total. The minimum atomic E-state index is -0.523. The number of imide groups is 1. The van der Waals surface area contributed by atoms with Crippen LogP contribution in [0.1, 0.15) is 0 Å². The molecule has 0 unspecified atom stereocenters. The number of carbonyl (C=O) groups excluding carboxylic acids is 2. The van der Waals surface area contributed by atoms with Crippen LogP contribution in [-0.2, 0) is 4.79 Å². The van der Waals surface area contributed by atoms with Crippen molar-refractivity contribution in [2.24, 2.45) is 0 Å². The molecule has 2 rings (SSSR count). The molecule has 0 aliphatic carbocycles. The maximum atomic E-state index is 13.4. The summed E-state index contributed by atoms with van der Waals surface area (Å²) in [5.41, 5.74) is 0.834. The highest BCUT2D eigenvalue weighted by molar-refractivity contribution is 6.19. The van der Waals surface area contributed by atoms with Crippen LogP contribution in [0.3, 0.4) is 0 Å². The van der Waals surface area contributed by atoms with E-state index in [1.165, 1.54) is 6.07 Å². The van der Waals surface area contributed by atoms with Crippen molar-refractivity contribution in [3.8, 4) is 0 Å². The van der Waals surface area contributed by atoms with Crippen LogP contribution < -0.4 is 15.1 Å². The molecule has 1 aliphatic heterocycles. The first-order valence-corrected chi connectivity index (χ1v) is 5.08. The average Bonchev–Trinajstić information content (AvgIpc) is 2.57. The molecular formula is C11H12FN3O2. The molecule has 0 saturated carbocycles. The number of benzene rings is 1. The summed E-state index contributed by atoms with van der Waals surface area (Å²) in [5, 5.41) is 2.39. The second-order valence-corrected chi connectivity index (χ2v) is 3.95. The molecule has 0 atom stereocenters. The molecule has 5 nitrogen and oxygen atoms in total. The van der Waals surface area contributed by atoms with Gasteiger partial charge in [-0.25, -0.2) is 14.1 Å². The van der Waals surface area contributed by atoms with Crippen molar-refractivity contribution in [2.45, 2.75) is 0 Å². The molecule has 1 aromatic rings. The van der Waals surface area contributed by atoms with Crippen LogP contribution in [0.25, 0.3) is 0 Å². The lowest BCUT2D eigenvalue weighted by molar-refractivity contribution is -0.115. The van der Waals surface area contributed by atoms with E-state index in [1.807, 2.05) is 0 Å². The van der Waals surface area contributed by atoms with Crippen LogP contribution in [0.15, 0.2) is 18.2 Å². The molecule has 1 saturated heterocycles. The molecule has 6 heteroatoms. The van der Waals surface area contributed by atoms with Crippen LogP contribution in [-0.4, -0.2) is 32.6 Å². The summed E-state index contributed by atoms with van der Waals surface area (Å²) in [4.78, 5) is 25.6. The number of anilines is 2. The van der Waals surface area contributed by atoms with E-state index in [0.717, 1.165) is 11.0 Å². The van der Waals surface area contributed by atoms with Gasteiger partial charge in [-0.3, -0.25) is 4.79 Å². The van der Waals surface area contributed by atoms with Crippen molar-refractivity contribution in [1.29, 1.82) is 0 Å². The number of nitrogens with zero attached hydrogens (tertiary/aromatic N) is 2. The Morgan fingerprint density at radius 3 is 2.53 bits per heavy atom. The Bertz CT molecular complexity index is 472. The molecule has 0 aromatic heterocycles. The van der Waals surface area contributed by atoms with Crippen molar-refractivity contribution in [3.63, 3.8) is 0 Å². The Labute approximate surface area is 97.8 Å². The lowest BCUT2D eigenvalue weighted by atomic mass is 10.2. The predicted octanol–water partition coefficient (Wildman–Crippen LogP) is 0.948. The van der Waals surface area contributed by atoms with E-state index in [0.29, 0.717) is 5.69 Å². The molecule has 1 aromatic carbocycles. The van der Waals surface area contributed by atoms with E-state index in [9.17, 15) is 14.0 Å². The number of nitrogens with one attached hydrogen (secondary N) is 1. The summed E-state index contributed by atoms with van der Waals surface area (Å²) in [6.45, 7) is -0.0490. The highest BCUT2D eigenvalue weighted by atomic mass is 19.1. The Hall–Kier alpha value is -2.11. The lowest BCUT2D eigenvalue weighted by Crippen LogP contribution is -2.30. The standard InChI is InChI=1S/C11H12FN3O2/c1-14(2)8-3-7(12)4-9(5-8)15-10(16)6-13-11(15)17/h3-5H,6H2,1-2H3,(H,13,17). The van der Waals surface area contributed by atoms with Crippen LogP contribution >= 0.6 is 0 Å². The summed E-state index contributed by atoms with van der Waals surface area (Å²) < 4.78 is 13.4. The zero-order chi connectivity index (χ0) is 12.6. The van der Waals surface area contributed by atoms with Crippen molar-refractivity contribution in [2.75, 3.05) is 30.4 Å². The monoisotopic (exact) mass is 237 g/mol. The molecule has 1 fully saturated rings. The molecule has 17 heavy (non-hydrogen) atoms. The summed E-state index contributed by atoms with van der Waals surface area (Å²) >= 11 is 0. The van der Waals surface area contributed by atoms with E-state index in [4.69, 9.17) is 0 Å². The predicted molar refractivity (Wildman–Crippen MR) is 61.6 cm³/mol. The first-order chi connectivity index (χ1) is 7.99. The highest BCUT2D eigenvalue weighted by Gasteiger charge is 2.30. The Kier molecular flexibility index (Phi) is 2.71. The molecule has 3 amide bonds. The summed E-state index contributed by atoms with van der Waals surface area (Å²) in [5.74, 6) is -0.871. The normalized spacial score (nSPS) is 15.1. The van der Waals surface area contributed by atoms with Gasteiger partial charge in [-0.15, -0.1) is 0 Å². The maximum Gasteiger partial charge on any atom is 0.329 e. The molecule has 1 heterocycles. The summed E-state index contributed by atoms with van der Waals surface area (Å²) in [6.07, 6.45) is 0. The number of hydrogen-bond donors (Lipinski definition) is 1. The smallest absolute Gasteiger partial charge is 0.329 e. The topological polar surface area (TPSA) is 52.6 Å². The van der Waals surface area contributed by atoms with Gasteiger partial charge in [0.2, 0.25) is 0 Å². The number of halogens is 1. The van der Waals surface area contributed by atoms with Gasteiger partial charge in [0.15, 0.2) is 0 Å². The fourth-order valence-corrected chi connectivity index (χ4v) is 1.63. The Balaban J connectivity index is 2.45. The van der Waals surface area contributed by atoms with Gasteiger partial charge in [-0.1, -0.05) is 0 Å². The quantitative estimate of drug-likeness (QED) is 0.779. The zero-order valence-corrected chi connectivity index (χ0v) is 9.53. The number of carbonyl (C=O) groups is 2. The van der Waals surface area contributed by atoms with E-state index in [1.54, 1.807) is 25.1 Å². The van der Waals surface area contributed by atoms with Crippen LogP contribution in [0, 0.1) is 5.82 Å². The summed E-state index contributed by atoms with van der Waals surface area (Å²) in [7, 11) is 3.51. The number of urea groups is 1. The molecule has 1 aliphatic rings. The maximum absolute atomic E-state index is 13.4. The first kappa shape index (κ1) is 11.4. The summed E-state index contributed by atoms with van der Waals surface area (Å²) in [6, 6.07) is 3.56. The largest absolute Gasteiger partial charge is 0.378 e. The number of amides is 3. The molecule has 0 radical (unpaired) electrons. The van der Waals surface area contributed by atoms with Crippen LogP contribution in [0.2, 0.25) is 0 Å². The third-order valence-electron chi connectivity index (χ3n) is 2.49. The fraction of sp³-hybridized carbons (Fsp3) is 0.273. The third kappa shape index (κ3) is 2.06. The number of hydrogen-bond acceptors (Lipinski definition) is 3. The van der Waals surface area contributed by atoms with Crippen molar-refractivity contribution in [1.82, 2.24) is 5.32 Å². The van der Waals surface area contributed by atoms with Crippen molar-refractivity contribution < 1.29 is 14.0 Å². The van der Waals surface area contributed by atoms with Crippen molar-refractivity contribution >= 4 is 23.3 Å². The van der Waals surface area contributed by atoms with Gasteiger partial charge in [-0.2, -0.15) is 0 Å². The second kappa shape index (κ2) is 4.04. The van der Waals surface area contributed by atoms with E-state index in [-0.39, 0.29) is 18.1 Å². The van der Waals surface area contributed by atoms with Gasteiger partial charge in [-0.05, 0) is 18.2 Å². The van der Waals surface area contributed by atoms with Crippen LogP contribution in [0.4, 0.5) is 20.6 Å². The van der Waals surface area contributed by atoms with Gasteiger partial charge in [0.25, 0.3) is 5.91 Å². The SMILES string of the molecule is CN(C)c1cc(F)cc(N2C(=O)CNC2=O)c1. The van der Waals surface area contributed by atoms with Gasteiger partial charge in [0.05, 0.1) is 12.2 Å². The molecule has 90 valence electrons. The van der Waals surface area contributed by atoms with E-state index in [2.05, 4.69) is 5.32 Å². The fourth-order valence-electron chi connectivity index (χ4n) is 1.63.